The van der Waals surface area contributed by atoms with Gasteiger partial charge in [-0.2, -0.15) is 0 Å². The lowest BCUT2D eigenvalue weighted by Gasteiger charge is -1.93. The largest absolute Gasteiger partial charge is 0.478 e. The Morgan fingerprint density at radius 1 is 1.32 bits per heavy atom. The monoisotopic (exact) mass is 258 g/mol. The minimum Gasteiger partial charge on any atom is -0.478 e. The zero-order valence-corrected chi connectivity index (χ0v) is 9.50. The molecule has 0 saturated heterocycles. The molecule has 3 rings (SSSR count). The lowest BCUT2D eigenvalue weighted by molar-refractivity contribution is 0.0699. The van der Waals surface area contributed by atoms with E-state index in [9.17, 15) is 9.18 Å². The summed E-state index contributed by atoms with van der Waals surface area (Å²) in [5, 5.41) is 9.05. The molecule has 0 fully saturated rings. The van der Waals surface area contributed by atoms with Gasteiger partial charge in [0.25, 0.3) is 0 Å². The predicted molar refractivity (Wildman–Crippen MR) is 64.2 cm³/mol. The van der Waals surface area contributed by atoms with E-state index in [0.717, 1.165) is 6.20 Å². The van der Waals surface area contributed by atoms with Gasteiger partial charge in [0.15, 0.2) is 5.58 Å². The summed E-state index contributed by atoms with van der Waals surface area (Å²) in [5.74, 6) is -1.48. The van der Waals surface area contributed by atoms with Gasteiger partial charge in [-0.05, 0) is 18.2 Å². The van der Waals surface area contributed by atoms with E-state index in [1.807, 2.05) is 0 Å². The molecule has 1 N–H and O–H groups in total. The van der Waals surface area contributed by atoms with Crippen LogP contribution in [0.15, 0.2) is 41.1 Å². The van der Waals surface area contributed by atoms with Crippen molar-refractivity contribution in [1.29, 1.82) is 0 Å². The average Bonchev–Trinajstić information content (AvgIpc) is 2.82. The van der Waals surface area contributed by atoms with E-state index < -0.39 is 11.8 Å². The third-order valence-electron chi connectivity index (χ3n) is 2.60. The van der Waals surface area contributed by atoms with Crippen molar-refractivity contribution in [2.75, 3.05) is 0 Å². The Kier molecular flexibility index (Phi) is 2.49. The number of carboxylic acids is 1. The van der Waals surface area contributed by atoms with Crippen LogP contribution in [-0.4, -0.2) is 21.0 Å². The van der Waals surface area contributed by atoms with Crippen molar-refractivity contribution in [2.45, 2.75) is 0 Å². The van der Waals surface area contributed by atoms with Crippen LogP contribution >= 0.6 is 0 Å². The topological polar surface area (TPSA) is 76.2 Å². The van der Waals surface area contributed by atoms with E-state index in [2.05, 4.69) is 9.97 Å². The van der Waals surface area contributed by atoms with Gasteiger partial charge in [-0.1, -0.05) is 6.07 Å². The van der Waals surface area contributed by atoms with Gasteiger partial charge in [0, 0.05) is 6.20 Å². The molecule has 0 aliphatic heterocycles. The number of para-hydroxylation sites is 1. The third-order valence-corrected chi connectivity index (χ3v) is 2.60. The first-order chi connectivity index (χ1) is 9.15. The van der Waals surface area contributed by atoms with Crippen LogP contribution in [0.3, 0.4) is 0 Å². The summed E-state index contributed by atoms with van der Waals surface area (Å²) in [5.41, 5.74) is 0.956. The van der Waals surface area contributed by atoms with Gasteiger partial charge in [-0.3, -0.25) is 4.98 Å². The fraction of sp³-hybridized carbons (Fsp3) is 0. The number of rotatable bonds is 2. The summed E-state index contributed by atoms with van der Waals surface area (Å²) in [6, 6.07) is 5.81. The van der Waals surface area contributed by atoms with E-state index in [0.29, 0.717) is 11.1 Å². The van der Waals surface area contributed by atoms with Gasteiger partial charge >= 0.3 is 5.97 Å². The highest BCUT2D eigenvalue weighted by Crippen LogP contribution is 2.26. The fourth-order valence-corrected chi connectivity index (χ4v) is 1.77. The molecule has 19 heavy (non-hydrogen) atoms. The smallest absolute Gasteiger partial charge is 0.338 e. The average molecular weight is 258 g/mol. The number of carbonyl (C=O) groups is 1. The van der Waals surface area contributed by atoms with E-state index in [1.54, 1.807) is 12.1 Å². The standard InChI is InChI=1S/C13H7FN2O3/c14-8-4-7(5-15-6-8)12-16-11-9(13(17)18)2-1-3-10(11)19-12/h1-6H,(H,17,18). The maximum atomic E-state index is 13.1. The van der Waals surface area contributed by atoms with Crippen LogP contribution in [0.5, 0.6) is 0 Å². The number of hydrogen-bond acceptors (Lipinski definition) is 4. The highest BCUT2D eigenvalue weighted by atomic mass is 19.1. The summed E-state index contributed by atoms with van der Waals surface area (Å²) in [4.78, 5) is 18.8. The molecule has 0 amide bonds. The number of hydrogen-bond donors (Lipinski definition) is 1. The van der Waals surface area contributed by atoms with Crippen molar-refractivity contribution in [3.63, 3.8) is 0 Å². The SMILES string of the molecule is O=C(O)c1cccc2oc(-c3cncc(F)c3)nc12. The summed E-state index contributed by atoms with van der Waals surface area (Å²) in [6.45, 7) is 0. The number of fused-ring (bicyclic) bond motifs is 1. The Labute approximate surface area is 106 Å². The van der Waals surface area contributed by atoms with Gasteiger partial charge < -0.3 is 9.52 Å². The van der Waals surface area contributed by atoms with Crippen LogP contribution in [0.4, 0.5) is 4.39 Å². The van der Waals surface area contributed by atoms with Gasteiger partial charge in [0.05, 0.1) is 17.3 Å². The molecule has 2 aromatic heterocycles. The van der Waals surface area contributed by atoms with Crippen LogP contribution in [0, 0.1) is 5.82 Å². The Bertz CT molecular complexity index is 782. The van der Waals surface area contributed by atoms with Crippen molar-refractivity contribution in [3.8, 4) is 11.5 Å². The highest BCUT2D eigenvalue weighted by molar-refractivity contribution is 6.00. The number of pyridine rings is 1. The molecule has 0 radical (unpaired) electrons. The van der Waals surface area contributed by atoms with Gasteiger partial charge in [-0.15, -0.1) is 0 Å². The molecule has 5 nitrogen and oxygen atoms in total. The second-order valence-electron chi connectivity index (χ2n) is 3.87. The minimum atomic E-state index is -1.09. The second-order valence-corrected chi connectivity index (χ2v) is 3.87. The summed E-state index contributed by atoms with van der Waals surface area (Å²) in [6.07, 6.45) is 2.46. The number of benzene rings is 1. The molecular weight excluding hydrogens is 251 g/mol. The number of oxazole rings is 1. The molecule has 0 aliphatic carbocycles. The number of aromatic nitrogens is 2. The zero-order chi connectivity index (χ0) is 13.4. The molecule has 1 aromatic carbocycles. The molecule has 94 valence electrons. The van der Waals surface area contributed by atoms with Crippen LogP contribution in [-0.2, 0) is 0 Å². The van der Waals surface area contributed by atoms with E-state index in [4.69, 9.17) is 9.52 Å². The van der Waals surface area contributed by atoms with E-state index in [1.165, 1.54) is 18.3 Å². The summed E-state index contributed by atoms with van der Waals surface area (Å²) < 4.78 is 18.5. The predicted octanol–water partition coefficient (Wildman–Crippen LogP) is 2.73. The maximum absolute atomic E-state index is 13.1. The fourth-order valence-electron chi connectivity index (χ4n) is 1.77. The Balaban J connectivity index is 2.22. The van der Waals surface area contributed by atoms with Crippen LogP contribution in [0.25, 0.3) is 22.6 Å². The molecule has 2 heterocycles. The van der Waals surface area contributed by atoms with E-state index in [-0.39, 0.29) is 17.0 Å². The normalized spacial score (nSPS) is 10.8. The molecule has 6 heteroatoms. The van der Waals surface area contributed by atoms with Gasteiger partial charge in [-0.25, -0.2) is 14.2 Å². The quantitative estimate of drug-likeness (QED) is 0.764. The van der Waals surface area contributed by atoms with E-state index >= 15 is 0 Å². The lowest BCUT2D eigenvalue weighted by atomic mass is 10.2. The molecule has 0 saturated carbocycles. The van der Waals surface area contributed by atoms with Crippen molar-refractivity contribution in [1.82, 2.24) is 9.97 Å². The van der Waals surface area contributed by atoms with Crippen LogP contribution in [0.2, 0.25) is 0 Å². The van der Waals surface area contributed by atoms with Gasteiger partial charge in [0.1, 0.15) is 11.3 Å². The van der Waals surface area contributed by atoms with Crippen molar-refractivity contribution in [3.05, 3.63) is 48.0 Å². The van der Waals surface area contributed by atoms with Crippen molar-refractivity contribution in [2.24, 2.45) is 0 Å². The number of carboxylic acid groups (broad SMARTS) is 1. The second kappa shape index (κ2) is 4.16. The maximum Gasteiger partial charge on any atom is 0.338 e. The number of aromatic carboxylic acids is 1. The lowest BCUT2D eigenvalue weighted by Crippen LogP contribution is -1.96. The molecule has 0 bridgehead atoms. The zero-order valence-electron chi connectivity index (χ0n) is 9.50. The van der Waals surface area contributed by atoms with Gasteiger partial charge in [0.2, 0.25) is 5.89 Å². The van der Waals surface area contributed by atoms with Crippen molar-refractivity contribution < 1.29 is 18.7 Å². The Morgan fingerprint density at radius 2 is 2.16 bits per heavy atom. The summed E-state index contributed by atoms with van der Waals surface area (Å²) in [7, 11) is 0. The first-order valence-corrected chi connectivity index (χ1v) is 5.39. The minimum absolute atomic E-state index is 0.0388. The molecule has 0 aliphatic rings. The van der Waals surface area contributed by atoms with Crippen molar-refractivity contribution >= 4 is 17.1 Å². The molecule has 0 atom stereocenters. The first kappa shape index (κ1) is 11.3. The Morgan fingerprint density at radius 3 is 2.89 bits per heavy atom. The van der Waals surface area contributed by atoms with Crippen LogP contribution in [0.1, 0.15) is 10.4 Å². The van der Waals surface area contributed by atoms with Crippen LogP contribution < -0.4 is 0 Å². The molecule has 0 spiro atoms. The number of nitrogens with zero attached hydrogens (tertiary/aromatic N) is 2. The molecule has 0 unspecified atom stereocenters. The first-order valence-electron chi connectivity index (χ1n) is 5.39. The Hall–Kier alpha value is -2.76. The molecular formula is C13H7FN2O3. The summed E-state index contributed by atoms with van der Waals surface area (Å²) >= 11 is 0. The highest BCUT2D eigenvalue weighted by Gasteiger charge is 2.15. The number of halogens is 1. The third kappa shape index (κ3) is 1.93. The molecule has 3 aromatic rings.